The fraction of sp³-hybridized carbons (Fsp3) is 0.533. The van der Waals surface area contributed by atoms with E-state index in [1.165, 1.54) is 24.3 Å². The van der Waals surface area contributed by atoms with Gasteiger partial charge < -0.3 is 5.32 Å². The number of anilines is 1. The van der Waals surface area contributed by atoms with Gasteiger partial charge >= 0.3 is 0 Å². The molecule has 1 amide bonds. The average molecular weight is 374 g/mol. The molecular weight excluding hydrogens is 352 g/mol. The Balaban J connectivity index is 1.95. The van der Waals surface area contributed by atoms with Crippen LogP contribution in [0, 0.1) is 5.92 Å². The van der Waals surface area contributed by atoms with Crippen molar-refractivity contribution in [2.45, 2.75) is 37.6 Å². The van der Waals surface area contributed by atoms with Crippen LogP contribution in [0.4, 0.5) is 5.69 Å². The molecule has 0 aromatic heterocycles. The van der Waals surface area contributed by atoms with E-state index in [4.69, 9.17) is 0 Å². The molecule has 7 nitrogen and oxygen atoms in total. The number of benzene rings is 1. The Morgan fingerprint density at radius 1 is 1.25 bits per heavy atom. The maximum Gasteiger partial charge on any atom is 0.240 e. The molecule has 1 atom stereocenters. The van der Waals surface area contributed by atoms with Crippen molar-refractivity contribution >= 4 is 31.5 Å². The van der Waals surface area contributed by atoms with Gasteiger partial charge in [0.2, 0.25) is 15.9 Å². The molecule has 0 spiro atoms. The van der Waals surface area contributed by atoms with E-state index in [1.807, 2.05) is 0 Å². The van der Waals surface area contributed by atoms with Crippen LogP contribution in [0.25, 0.3) is 0 Å². The summed E-state index contributed by atoms with van der Waals surface area (Å²) in [6.07, 6.45) is 0.655. The summed E-state index contributed by atoms with van der Waals surface area (Å²) < 4.78 is 49.3. The second kappa shape index (κ2) is 7.20. The van der Waals surface area contributed by atoms with Crippen molar-refractivity contribution in [3.63, 3.8) is 0 Å². The fourth-order valence-corrected chi connectivity index (χ4v) is 5.72. The van der Waals surface area contributed by atoms with Crippen LogP contribution in [0.15, 0.2) is 29.2 Å². The molecule has 2 N–H and O–H groups in total. The van der Waals surface area contributed by atoms with E-state index in [-0.39, 0.29) is 40.7 Å². The monoisotopic (exact) mass is 374 g/mol. The number of nitrogens with one attached hydrogen (secondary N) is 2. The topological polar surface area (TPSA) is 109 Å². The lowest BCUT2D eigenvalue weighted by Gasteiger charge is -2.11. The second-order valence-electron chi connectivity index (χ2n) is 6.32. The van der Waals surface area contributed by atoms with E-state index in [0.29, 0.717) is 12.1 Å². The molecule has 0 unspecified atom stereocenters. The normalized spacial score (nSPS) is 20.2. The Labute approximate surface area is 142 Å². The highest BCUT2D eigenvalue weighted by Crippen LogP contribution is 2.22. The first-order valence-electron chi connectivity index (χ1n) is 7.70. The van der Waals surface area contributed by atoms with Gasteiger partial charge in [0.25, 0.3) is 0 Å². The van der Waals surface area contributed by atoms with Crippen LogP contribution >= 0.6 is 0 Å². The zero-order valence-corrected chi connectivity index (χ0v) is 15.3. The summed E-state index contributed by atoms with van der Waals surface area (Å²) in [6, 6.07) is 5.65. The van der Waals surface area contributed by atoms with Crippen LogP contribution in [0.5, 0.6) is 0 Å². The van der Waals surface area contributed by atoms with E-state index in [2.05, 4.69) is 10.0 Å². The van der Waals surface area contributed by atoms with Crippen LogP contribution in [-0.4, -0.2) is 40.3 Å². The van der Waals surface area contributed by atoms with Gasteiger partial charge in [-0.25, -0.2) is 21.6 Å². The van der Waals surface area contributed by atoms with Gasteiger partial charge in [-0.3, -0.25) is 4.79 Å². The van der Waals surface area contributed by atoms with E-state index >= 15 is 0 Å². The predicted molar refractivity (Wildman–Crippen MR) is 91.9 cm³/mol. The minimum atomic E-state index is -3.57. The number of rotatable bonds is 6. The minimum Gasteiger partial charge on any atom is -0.326 e. The van der Waals surface area contributed by atoms with Crippen molar-refractivity contribution in [1.82, 2.24) is 4.72 Å². The summed E-state index contributed by atoms with van der Waals surface area (Å²) in [5.74, 6) is -0.225. The predicted octanol–water partition coefficient (Wildman–Crippen LogP) is 1.14. The molecule has 0 radical (unpaired) electrons. The molecule has 1 aliphatic rings. The van der Waals surface area contributed by atoms with Gasteiger partial charge in [-0.15, -0.1) is 0 Å². The Bertz CT molecular complexity index is 799. The Morgan fingerprint density at radius 3 is 2.38 bits per heavy atom. The lowest BCUT2D eigenvalue weighted by atomic mass is 10.1. The van der Waals surface area contributed by atoms with Gasteiger partial charge in [0, 0.05) is 18.2 Å². The summed E-state index contributed by atoms with van der Waals surface area (Å²) >= 11 is 0. The molecule has 9 heteroatoms. The SMILES string of the molecule is CC(C)NS(=O)(=O)c1ccc(NC(=O)C[C@@H]2CCS(=O)(=O)C2)cc1. The molecule has 24 heavy (non-hydrogen) atoms. The van der Waals surface area contributed by atoms with Crippen LogP contribution < -0.4 is 10.0 Å². The van der Waals surface area contributed by atoms with Gasteiger partial charge in [0.05, 0.1) is 16.4 Å². The first-order valence-corrected chi connectivity index (χ1v) is 11.0. The van der Waals surface area contributed by atoms with Crippen molar-refractivity contribution in [2.24, 2.45) is 5.92 Å². The molecule has 1 fully saturated rings. The van der Waals surface area contributed by atoms with Crippen LogP contribution in [0.1, 0.15) is 26.7 Å². The standard InChI is InChI=1S/C15H22N2O5S2/c1-11(2)17-24(21,22)14-5-3-13(4-6-14)16-15(18)9-12-7-8-23(19,20)10-12/h3-6,11-12,17H,7-10H2,1-2H3,(H,16,18)/t12-/m0/s1. The molecule has 134 valence electrons. The minimum absolute atomic E-state index is 0.0540. The molecular formula is C15H22N2O5S2. The van der Waals surface area contributed by atoms with Crippen molar-refractivity contribution in [3.05, 3.63) is 24.3 Å². The molecule has 0 aliphatic carbocycles. The van der Waals surface area contributed by atoms with E-state index < -0.39 is 19.9 Å². The zero-order chi connectivity index (χ0) is 18.0. The Hall–Kier alpha value is -1.45. The van der Waals surface area contributed by atoms with Gasteiger partial charge in [0.15, 0.2) is 9.84 Å². The number of sulfonamides is 1. The third-order valence-electron chi connectivity index (χ3n) is 3.64. The molecule has 1 aromatic rings. The number of hydrogen-bond donors (Lipinski definition) is 2. The highest BCUT2D eigenvalue weighted by atomic mass is 32.2. The van der Waals surface area contributed by atoms with Gasteiger partial charge in [-0.05, 0) is 50.5 Å². The fourth-order valence-electron chi connectivity index (χ4n) is 2.60. The maximum atomic E-state index is 12.0. The average Bonchev–Trinajstić information content (AvgIpc) is 2.76. The number of carbonyl (C=O) groups is 1. The lowest BCUT2D eigenvalue weighted by Crippen LogP contribution is -2.30. The summed E-state index contributed by atoms with van der Waals surface area (Å²) in [5.41, 5.74) is 0.476. The highest BCUT2D eigenvalue weighted by molar-refractivity contribution is 7.91. The summed E-state index contributed by atoms with van der Waals surface area (Å²) in [5, 5.41) is 2.67. The quantitative estimate of drug-likeness (QED) is 0.776. The van der Waals surface area contributed by atoms with E-state index in [1.54, 1.807) is 13.8 Å². The second-order valence-corrected chi connectivity index (χ2v) is 10.3. The highest BCUT2D eigenvalue weighted by Gasteiger charge is 2.29. The third kappa shape index (κ3) is 5.29. The lowest BCUT2D eigenvalue weighted by molar-refractivity contribution is -0.116. The molecule has 2 rings (SSSR count). The Morgan fingerprint density at radius 2 is 1.88 bits per heavy atom. The molecule has 1 aliphatic heterocycles. The van der Waals surface area contributed by atoms with Crippen LogP contribution in [0.3, 0.4) is 0 Å². The van der Waals surface area contributed by atoms with Crippen molar-refractivity contribution in [2.75, 3.05) is 16.8 Å². The smallest absolute Gasteiger partial charge is 0.240 e. The van der Waals surface area contributed by atoms with E-state index in [9.17, 15) is 21.6 Å². The van der Waals surface area contributed by atoms with Crippen molar-refractivity contribution in [1.29, 1.82) is 0 Å². The Kier molecular flexibility index (Phi) is 5.67. The maximum absolute atomic E-state index is 12.0. The van der Waals surface area contributed by atoms with E-state index in [0.717, 1.165) is 0 Å². The van der Waals surface area contributed by atoms with Crippen molar-refractivity contribution < 1.29 is 21.6 Å². The molecule has 1 aromatic carbocycles. The van der Waals surface area contributed by atoms with Crippen LogP contribution in [0.2, 0.25) is 0 Å². The summed E-state index contributed by atoms with van der Waals surface area (Å²) in [4.78, 5) is 12.1. The number of amides is 1. The van der Waals surface area contributed by atoms with Gasteiger partial charge in [0.1, 0.15) is 0 Å². The third-order valence-corrected chi connectivity index (χ3v) is 7.15. The van der Waals surface area contributed by atoms with Crippen LogP contribution in [-0.2, 0) is 24.7 Å². The first kappa shape index (κ1) is 18.9. The van der Waals surface area contributed by atoms with Gasteiger partial charge in [-0.1, -0.05) is 0 Å². The zero-order valence-electron chi connectivity index (χ0n) is 13.7. The van der Waals surface area contributed by atoms with Gasteiger partial charge in [-0.2, -0.15) is 0 Å². The number of sulfone groups is 1. The summed E-state index contributed by atoms with van der Waals surface area (Å²) in [7, 11) is -6.57. The van der Waals surface area contributed by atoms with Crippen molar-refractivity contribution in [3.8, 4) is 0 Å². The number of hydrogen-bond acceptors (Lipinski definition) is 5. The molecule has 1 saturated heterocycles. The largest absolute Gasteiger partial charge is 0.326 e. The summed E-state index contributed by atoms with van der Waals surface area (Å²) in [6.45, 7) is 3.46. The molecule has 0 bridgehead atoms. The first-order chi connectivity index (χ1) is 11.1. The number of carbonyl (C=O) groups excluding carboxylic acids is 1. The molecule has 1 heterocycles. The molecule has 0 saturated carbocycles.